The smallest absolute Gasteiger partial charge is 0.282 e. The van der Waals surface area contributed by atoms with Crippen molar-refractivity contribution in [3.05, 3.63) is 0 Å². The molecule has 0 radical (unpaired) electrons. The predicted molar refractivity (Wildman–Crippen MR) is 86.2 cm³/mol. The first-order valence-electron chi connectivity index (χ1n) is 7.69. The minimum Gasteiger partial charge on any atom is -0.377 e. The number of nitrogens with zero attached hydrogens (tertiary/aromatic N) is 3. The molecular weight excluding hydrogens is 303 g/mol. The lowest BCUT2D eigenvalue weighted by atomic mass is 10.2. The fourth-order valence-corrected chi connectivity index (χ4v) is 5.72. The molecule has 0 aromatic rings. The van der Waals surface area contributed by atoms with Gasteiger partial charge in [0.25, 0.3) is 7.59 Å². The van der Waals surface area contributed by atoms with E-state index in [0.717, 1.165) is 0 Å². The molecule has 22 heavy (non-hydrogen) atoms. The van der Waals surface area contributed by atoms with Gasteiger partial charge < -0.3 is 9.47 Å². The number of rotatable bonds is 8. The fraction of sp³-hybridized carbons (Fsp3) is 0.929. The van der Waals surface area contributed by atoms with Crippen molar-refractivity contribution in [2.75, 3.05) is 26.9 Å². The third-order valence-corrected chi connectivity index (χ3v) is 6.71. The molecule has 1 aliphatic heterocycles. The van der Waals surface area contributed by atoms with E-state index in [4.69, 9.17) is 20.2 Å². The fourth-order valence-electron chi connectivity index (χ4n) is 3.10. The van der Waals surface area contributed by atoms with E-state index >= 15 is 0 Å². The molecule has 0 spiro atoms. The Morgan fingerprint density at radius 1 is 1.36 bits per heavy atom. The average Bonchev–Trinajstić information content (AvgIpc) is 2.85. The van der Waals surface area contributed by atoms with Crippen LogP contribution in [0.3, 0.4) is 0 Å². The monoisotopic (exact) mass is 332 g/mol. The zero-order chi connectivity index (χ0) is 16.9. The van der Waals surface area contributed by atoms with E-state index in [2.05, 4.69) is 6.07 Å². The maximum absolute atomic E-state index is 13.5. The molecule has 1 saturated heterocycles. The van der Waals surface area contributed by atoms with Crippen LogP contribution in [0.2, 0.25) is 0 Å². The van der Waals surface area contributed by atoms with Gasteiger partial charge in [0.2, 0.25) is 0 Å². The highest BCUT2D eigenvalue weighted by Crippen LogP contribution is 2.50. The summed E-state index contributed by atoms with van der Waals surface area (Å²) in [5.74, 6) is 0. The Morgan fingerprint density at radius 3 is 2.41 bits per heavy atom. The number of hydrogen-bond acceptors (Lipinski definition) is 4. The summed E-state index contributed by atoms with van der Waals surface area (Å²) in [5.41, 5.74) is 6.33. The zero-order valence-corrected chi connectivity index (χ0v) is 15.1. The van der Waals surface area contributed by atoms with Crippen LogP contribution in [0.1, 0.15) is 34.1 Å². The molecular formula is C14H29N4O3P. The molecule has 0 aromatic carbocycles. The Kier molecular flexibility index (Phi) is 7.47. The predicted octanol–water partition coefficient (Wildman–Crippen LogP) is 1.80. The van der Waals surface area contributed by atoms with Crippen molar-refractivity contribution in [1.82, 2.24) is 9.34 Å². The second-order valence-corrected chi connectivity index (χ2v) is 8.26. The van der Waals surface area contributed by atoms with Crippen LogP contribution in [0.4, 0.5) is 0 Å². The third-order valence-electron chi connectivity index (χ3n) is 3.90. The van der Waals surface area contributed by atoms with E-state index in [9.17, 15) is 4.57 Å². The first kappa shape index (κ1) is 19.6. The van der Waals surface area contributed by atoms with Gasteiger partial charge in [0.05, 0.1) is 31.4 Å². The molecule has 0 aromatic heterocycles. The van der Waals surface area contributed by atoms with E-state index in [1.165, 1.54) is 0 Å². The normalized spacial score (nSPS) is 25.1. The second-order valence-electron chi connectivity index (χ2n) is 6.11. The maximum atomic E-state index is 13.5. The molecule has 0 amide bonds. The summed E-state index contributed by atoms with van der Waals surface area (Å²) in [5, 5.41) is 8.92. The minimum absolute atomic E-state index is 0.0312. The van der Waals surface area contributed by atoms with Gasteiger partial charge in [-0.2, -0.15) is 5.26 Å². The first-order valence-corrected chi connectivity index (χ1v) is 9.37. The van der Waals surface area contributed by atoms with E-state index < -0.39 is 7.59 Å². The van der Waals surface area contributed by atoms with Crippen LogP contribution in [0.5, 0.6) is 0 Å². The van der Waals surface area contributed by atoms with Gasteiger partial charge in [-0.05, 0) is 27.7 Å². The Labute approximate surface area is 133 Å². The highest BCUT2D eigenvalue weighted by Gasteiger charge is 2.44. The summed E-state index contributed by atoms with van der Waals surface area (Å²) in [6.07, 6.45) is 0.0785. The van der Waals surface area contributed by atoms with Crippen LogP contribution in [-0.2, 0) is 14.0 Å². The van der Waals surface area contributed by atoms with Gasteiger partial charge in [0, 0.05) is 32.2 Å². The molecule has 1 fully saturated rings. The molecule has 3 unspecified atom stereocenters. The number of hydrogen-bond donors (Lipinski definition) is 1. The molecule has 8 heteroatoms. The Hall–Kier alpha value is -0.480. The quantitative estimate of drug-likeness (QED) is 0.678. The summed E-state index contributed by atoms with van der Waals surface area (Å²) in [6, 6.07) is 1.97. The summed E-state index contributed by atoms with van der Waals surface area (Å²) in [6.45, 7) is 9.10. The molecule has 3 atom stereocenters. The molecule has 128 valence electrons. The second kappa shape index (κ2) is 8.39. The van der Waals surface area contributed by atoms with E-state index in [0.29, 0.717) is 19.8 Å². The van der Waals surface area contributed by atoms with Crippen LogP contribution in [-0.4, -0.2) is 60.4 Å². The lowest BCUT2D eigenvalue weighted by Crippen LogP contribution is -2.50. The molecule has 2 N–H and O–H groups in total. The van der Waals surface area contributed by atoms with Crippen LogP contribution >= 0.6 is 7.59 Å². The molecule has 0 aliphatic carbocycles. The van der Waals surface area contributed by atoms with Crippen molar-refractivity contribution in [1.29, 1.82) is 5.26 Å². The van der Waals surface area contributed by atoms with Crippen LogP contribution in [0.15, 0.2) is 0 Å². The highest BCUT2D eigenvalue weighted by molar-refractivity contribution is 7.56. The average molecular weight is 332 g/mol. The van der Waals surface area contributed by atoms with Crippen molar-refractivity contribution < 1.29 is 14.0 Å². The number of nitrogens with two attached hydrogens (primary N) is 1. The van der Waals surface area contributed by atoms with E-state index in [1.807, 2.05) is 32.4 Å². The topological polar surface area (TPSA) is 91.8 Å². The lowest BCUT2D eigenvalue weighted by molar-refractivity contribution is 0.0586. The summed E-state index contributed by atoms with van der Waals surface area (Å²) in [4.78, 5) is 0. The Balaban J connectivity index is 3.13. The van der Waals surface area contributed by atoms with Crippen LogP contribution in [0.25, 0.3) is 0 Å². The summed E-state index contributed by atoms with van der Waals surface area (Å²) >= 11 is 0. The van der Waals surface area contributed by atoms with Gasteiger partial charge in [-0.25, -0.2) is 9.34 Å². The van der Waals surface area contributed by atoms with Gasteiger partial charge in [-0.3, -0.25) is 10.1 Å². The lowest BCUT2D eigenvalue weighted by Gasteiger charge is -2.43. The number of methoxy groups -OCH3 is 1. The van der Waals surface area contributed by atoms with Crippen molar-refractivity contribution in [2.45, 2.75) is 58.3 Å². The van der Waals surface area contributed by atoms with Crippen LogP contribution < -0.4 is 5.50 Å². The third kappa shape index (κ3) is 4.29. The summed E-state index contributed by atoms with van der Waals surface area (Å²) in [7, 11) is -1.69. The molecule has 1 rings (SSSR count). The molecule has 7 nitrogen and oxygen atoms in total. The van der Waals surface area contributed by atoms with E-state index in [-0.39, 0.29) is 30.7 Å². The number of ether oxygens (including phenoxy) is 2. The highest BCUT2D eigenvalue weighted by atomic mass is 31.2. The minimum atomic E-state index is -3.30. The largest absolute Gasteiger partial charge is 0.377 e. The first-order chi connectivity index (χ1) is 10.3. The van der Waals surface area contributed by atoms with E-state index in [1.54, 1.807) is 11.8 Å². The van der Waals surface area contributed by atoms with Crippen molar-refractivity contribution in [3.63, 3.8) is 0 Å². The Bertz CT molecular complexity index is 430. The van der Waals surface area contributed by atoms with Crippen molar-refractivity contribution in [2.24, 2.45) is 5.50 Å². The van der Waals surface area contributed by atoms with Gasteiger partial charge in [-0.15, -0.1) is 0 Å². The molecule has 0 bridgehead atoms. The van der Waals surface area contributed by atoms with Gasteiger partial charge in [0.15, 0.2) is 0 Å². The molecule has 1 aliphatic rings. The molecule has 1 heterocycles. The van der Waals surface area contributed by atoms with Crippen LogP contribution in [0, 0.1) is 11.3 Å². The van der Waals surface area contributed by atoms with Crippen molar-refractivity contribution in [3.8, 4) is 6.07 Å². The van der Waals surface area contributed by atoms with Gasteiger partial charge >= 0.3 is 0 Å². The molecule has 0 saturated carbocycles. The van der Waals surface area contributed by atoms with Crippen molar-refractivity contribution >= 4 is 7.59 Å². The maximum Gasteiger partial charge on any atom is 0.282 e. The van der Waals surface area contributed by atoms with Gasteiger partial charge in [-0.1, -0.05) is 0 Å². The number of nitriles is 1. The summed E-state index contributed by atoms with van der Waals surface area (Å²) < 4.78 is 27.9. The SMILES string of the molecule is COC1COCC1N(CCC#N)P(N)(=O)N(C(C)C)C(C)C. The zero-order valence-electron chi connectivity index (χ0n) is 14.2. The Morgan fingerprint density at radius 2 is 1.95 bits per heavy atom. The standard InChI is InChI=1S/C14H29N4O3P/c1-11(2)18(12(3)4)22(16,19)17(8-6-7-15)13-9-21-10-14(13)20-5/h11-14H,6,8-10H2,1-5H3,(H2,16,19). The van der Waals surface area contributed by atoms with Gasteiger partial charge in [0.1, 0.15) is 0 Å².